The first-order valence-electron chi connectivity index (χ1n) is 11.3. The summed E-state index contributed by atoms with van der Waals surface area (Å²) in [5, 5.41) is 3.37. The molecule has 0 saturated heterocycles. The van der Waals surface area contributed by atoms with Crippen LogP contribution in [0.3, 0.4) is 0 Å². The number of benzene rings is 2. The van der Waals surface area contributed by atoms with E-state index in [9.17, 15) is 18.0 Å². The molecule has 7 nitrogen and oxygen atoms in total. The van der Waals surface area contributed by atoms with Crippen LogP contribution >= 0.6 is 11.6 Å². The van der Waals surface area contributed by atoms with Gasteiger partial charge in [0.15, 0.2) is 0 Å². The van der Waals surface area contributed by atoms with E-state index < -0.39 is 28.5 Å². The van der Waals surface area contributed by atoms with Gasteiger partial charge in [-0.15, -0.1) is 0 Å². The van der Waals surface area contributed by atoms with Crippen LogP contribution in [0.4, 0.5) is 5.69 Å². The number of rotatable bonds is 11. The van der Waals surface area contributed by atoms with Crippen LogP contribution in [-0.4, -0.2) is 50.5 Å². The second-order valence-corrected chi connectivity index (χ2v) is 10.9. The van der Waals surface area contributed by atoms with Gasteiger partial charge < -0.3 is 10.2 Å². The van der Waals surface area contributed by atoms with Crippen LogP contribution in [0.1, 0.15) is 43.4 Å². The van der Waals surface area contributed by atoms with Gasteiger partial charge in [0.25, 0.3) is 0 Å². The zero-order valence-corrected chi connectivity index (χ0v) is 22.0. The molecule has 0 saturated carbocycles. The molecule has 0 unspecified atom stereocenters. The van der Waals surface area contributed by atoms with Crippen LogP contribution in [0.2, 0.25) is 5.02 Å². The molecule has 2 aromatic carbocycles. The minimum Gasteiger partial charge on any atom is -0.354 e. The van der Waals surface area contributed by atoms with Crippen LogP contribution in [0.15, 0.2) is 42.5 Å². The quantitative estimate of drug-likeness (QED) is 0.465. The Morgan fingerprint density at radius 2 is 1.82 bits per heavy atom. The van der Waals surface area contributed by atoms with Crippen molar-refractivity contribution < 1.29 is 18.0 Å². The van der Waals surface area contributed by atoms with Gasteiger partial charge in [-0.3, -0.25) is 13.9 Å². The smallest absolute Gasteiger partial charge is 0.244 e. The minimum atomic E-state index is -3.76. The number of carbonyl (C=O) groups is 2. The number of nitrogens with zero attached hydrogens (tertiary/aromatic N) is 2. The van der Waals surface area contributed by atoms with Gasteiger partial charge in [0, 0.05) is 18.1 Å². The van der Waals surface area contributed by atoms with E-state index in [0.717, 1.165) is 40.1 Å². The molecule has 0 fully saturated rings. The van der Waals surface area contributed by atoms with Gasteiger partial charge in [-0.2, -0.15) is 0 Å². The first kappa shape index (κ1) is 27.7. The van der Waals surface area contributed by atoms with Crippen molar-refractivity contribution in [2.75, 3.05) is 23.7 Å². The Balaban J connectivity index is 2.39. The fourth-order valence-electron chi connectivity index (χ4n) is 3.53. The van der Waals surface area contributed by atoms with Gasteiger partial charge in [0.1, 0.15) is 12.6 Å². The van der Waals surface area contributed by atoms with E-state index in [2.05, 4.69) is 5.32 Å². The zero-order chi connectivity index (χ0) is 25.5. The van der Waals surface area contributed by atoms with E-state index in [4.69, 9.17) is 11.6 Å². The molecule has 9 heteroatoms. The van der Waals surface area contributed by atoms with Crippen molar-refractivity contribution in [2.24, 2.45) is 0 Å². The van der Waals surface area contributed by atoms with Crippen LogP contribution < -0.4 is 9.62 Å². The highest BCUT2D eigenvalue weighted by atomic mass is 35.5. The van der Waals surface area contributed by atoms with E-state index in [-0.39, 0.29) is 12.5 Å². The van der Waals surface area contributed by atoms with Crippen LogP contribution in [0.5, 0.6) is 0 Å². The molecule has 34 heavy (non-hydrogen) atoms. The predicted octanol–water partition coefficient (Wildman–Crippen LogP) is 4.06. The molecule has 0 aromatic heterocycles. The minimum absolute atomic E-state index is 0.117. The van der Waals surface area contributed by atoms with Crippen LogP contribution in [0.25, 0.3) is 0 Å². The van der Waals surface area contributed by atoms with Gasteiger partial charge in [-0.1, -0.05) is 49.2 Å². The highest BCUT2D eigenvalue weighted by Gasteiger charge is 2.30. The van der Waals surface area contributed by atoms with E-state index in [0.29, 0.717) is 17.3 Å². The van der Waals surface area contributed by atoms with Crippen molar-refractivity contribution in [3.63, 3.8) is 0 Å². The van der Waals surface area contributed by atoms with Gasteiger partial charge in [-0.25, -0.2) is 8.42 Å². The highest BCUT2D eigenvalue weighted by molar-refractivity contribution is 7.92. The molecule has 0 bridgehead atoms. The number of unbranched alkanes of at least 4 members (excludes halogenated alkanes) is 1. The maximum Gasteiger partial charge on any atom is 0.244 e. The number of hydrogen-bond acceptors (Lipinski definition) is 4. The monoisotopic (exact) mass is 507 g/mol. The summed E-state index contributed by atoms with van der Waals surface area (Å²) in [6.45, 7) is 7.54. The predicted molar refractivity (Wildman–Crippen MR) is 137 cm³/mol. The number of anilines is 1. The average molecular weight is 508 g/mol. The Labute approximate surface area is 208 Å². The molecular formula is C25H34ClN3O4S. The summed E-state index contributed by atoms with van der Waals surface area (Å²) >= 11 is 6.12. The Morgan fingerprint density at radius 1 is 1.12 bits per heavy atom. The Morgan fingerprint density at radius 3 is 2.44 bits per heavy atom. The molecule has 2 aromatic rings. The third-order valence-corrected chi connectivity index (χ3v) is 6.91. The number of halogens is 1. The summed E-state index contributed by atoms with van der Waals surface area (Å²) in [6.07, 6.45) is 2.83. The van der Waals surface area contributed by atoms with E-state index >= 15 is 0 Å². The molecule has 0 heterocycles. The lowest BCUT2D eigenvalue weighted by atomic mass is 10.1. The molecular weight excluding hydrogens is 474 g/mol. The summed E-state index contributed by atoms with van der Waals surface area (Å²) in [5.41, 5.74) is 2.79. The number of carbonyl (C=O) groups excluding carboxylic acids is 2. The van der Waals surface area contributed by atoms with Crippen LogP contribution in [0, 0.1) is 13.8 Å². The van der Waals surface area contributed by atoms with Crippen LogP contribution in [-0.2, 0) is 26.2 Å². The van der Waals surface area contributed by atoms with E-state index in [1.165, 1.54) is 4.90 Å². The standard InChI is InChI=1S/C25H34ClN3O4S/c1-6-7-13-27-25(31)20(4)28(16-21-9-8-10-22(26)15-21)24(30)17-29(34(5,32)33)23-14-18(2)11-12-19(23)3/h8-12,14-15,20H,6-7,13,16-17H2,1-5H3,(H,27,31)/t20-/m1/s1. The summed E-state index contributed by atoms with van der Waals surface area (Å²) in [4.78, 5) is 27.8. The molecule has 186 valence electrons. The lowest BCUT2D eigenvalue weighted by Crippen LogP contribution is -2.51. The number of sulfonamides is 1. The third-order valence-electron chi connectivity index (χ3n) is 5.55. The Hall–Kier alpha value is -2.58. The van der Waals surface area contributed by atoms with E-state index in [1.54, 1.807) is 38.1 Å². The summed E-state index contributed by atoms with van der Waals surface area (Å²) in [5.74, 6) is -0.772. The largest absolute Gasteiger partial charge is 0.354 e. The summed E-state index contributed by atoms with van der Waals surface area (Å²) in [7, 11) is -3.76. The number of aryl methyl sites for hydroxylation is 2. The maximum absolute atomic E-state index is 13.5. The van der Waals surface area contributed by atoms with Gasteiger partial charge in [0.05, 0.1) is 11.9 Å². The van der Waals surface area contributed by atoms with Crippen molar-refractivity contribution in [3.05, 3.63) is 64.2 Å². The third kappa shape index (κ3) is 7.74. The fourth-order valence-corrected chi connectivity index (χ4v) is 4.65. The molecule has 1 atom stereocenters. The Kier molecular flexibility index (Phi) is 9.94. The Bertz CT molecular complexity index is 1120. The maximum atomic E-state index is 13.5. The first-order valence-corrected chi connectivity index (χ1v) is 13.5. The van der Waals surface area contributed by atoms with Crippen molar-refractivity contribution in [2.45, 2.75) is 53.1 Å². The molecule has 2 amide bonds. The van der Waals surface area contributed by atoms with Crippen molar-refractivity contribution in [1.82, 2.24) is 10.2 Å². The zero-order valence-electron chi connectivity index (χ0n) is 20.5. The number of nitrogens with one attached hydrogen (secondary N) is 1. The van der Waals surface area contributed by atoms with Gasteiger partial charge >= 0.3 is 0 Å². The van der Waals surface area contributed by atoms with Gasteiger partial charge in [0.2, 0.25) is 21.8 Å². The summed E-state index contributed by atoms with van der Waals surface area (Å²) < 4.78 is 26.5. The molecule has 0 aliphatic rings. The molecule has 1 N–H and O–H groups in total. The number of hydrogen-bond donors (Lipinski definition) is 1. The second-order valence-electron chi connectivity index (χ2n) is 8.53. The van der Waals surface area contributed by atoms with Crippen molar-refractivity contribution >= 4 is 39.1 Å². The van der Waals surface area contributed by atoms with E-state index in [1.807, 2.05) is 32.0 Å². The molecule has 0 spiro atoms. The lowest BCUT2D eigenvalue weighted by Gasteiger charge is -2.32. The first-order chi connectivity index (χ1) is 15.9. The highest BCUT2D eigenvalue weighted by Crippen LogP contribution is 2.24. The number of amides is 2. The van der Waals surface area contributed by atoms with Crippen molar-refractivity contribution in [3.8, 4) is 0 Å². The fraction of sp³-hybridized carbons (Fsp3) is 0.440. The van der Waals surface area contributed by atoms with Gasteiger partial charge in [-0.05, 0) is 62.1 Å². The topological polar surface area (TPSA) is 86.8 Å². The second kappa shape index (κ2) is 12.2. The average Bonchev–Trinajstić information content (AvgIpc) is 2.76. The summed E-state index contributed by atoms with van der Waals surface area (Å²) in [6, 6.07) is 11.7. The molecule has 0 aliphatic heterocycles. The van der Waals surface area contributed by atoms with Crippen molar-refractivity contribution in [1.29, 1.82) is 0 Å². The SMILES string of the molecule is CCCCNC(=O)[C@@H](C)N(Cc1cccc(Cl)c1)C(=O)CN(c1cc(C)ccc1C)S(C)(=O)=O. The molecule has 0 radical (unpaired) electrons. The molecule has 0 aliphatic carbocycles. The lowest BCUT2D eigenvalue weighted by molar-refractivity contribution is -0.139. The normalized spacial score (nSPS) is 12.2. The molecule has 2 rings (SSSR count).